The second kappa shape index (κ2) is 7.79. The molecule has 0 saturated heterocycles. The van der Waals surface area contributed by atoms with Crippen molar-refractivity contribution in [2.45, 2.75) is 57.0 Å². The van der Waals surface area contributed by atoms with Crippen LogP contribution in [0.1, 0.15) is 39.9 Å². The predicted molar refractivity (Wildman–Crippen MR) is 84.4 cm³/mol. The lowest BCUT2D eigenvalue weighted by Gasteiger charge is -2.30. The van der Waals surface area contributed by atoms with Crippen molar-refractivity contribution in [1.29, 1.82) is 0 Å². The third-order valence-electron chi connectivity index (χ3n) is 3.35. The second-order valence-corrected chi connectivity index (χ2v) is 6.71. The van der Waals surface area contributed by atoms with Crippen LogP contribution in [0.25, 0.3) is 0 Å². The summed E-state index contributed by atoms with van der Waals surface area (Å²) in [6, 6.07) is 0. The maximum atomic E-state index is 12.2. The summed E-state index contributed by atoms with van der Waals surface area (Å²) in [5.74, 6) is 0.679. The largest absolute Gasteiger partial charge is 0.465 e. The minimum absolute atomic E-state index is 0.201. The molecule has 1 aromatic heterocycles. The number of ether oxygens (including phenoxy) is 1. The van der Waals surface area contributed by atoms with Gasteiger partial charge in [-0.15, -0.1) is 10.2 Å². The maximum absolute atomic E-state index is 12.2. The van der Waals surface area contributed by atoms with Gasteiger partial charge in [-0.25, -0.2) is 0 Å². The Morgan fingerprint density at radius 2 is 2.14 bits per heavy atom. The molecule has 7 heteroatoms. The third-order valence-corrected chi connectivity index (χ3v) is 4.48. The van der Waals surface area contributed by atoms with Crippen LogP contribution in [-0.4, -0.2) is 44.7 Å². The summed E-state index contributed by atoms with van der Waals surface area (Å²) in [6.07, 6.45) is 0.663. The van der Waals surface area contributed by atoms with Gasteiger partial charge < -0.3 is 14.6 Å². The Hall–Kier alpha value is -1.08. The monoisotopic (exact) mass is 314 g/mol. The highest BCUT2D eigenvalue weighted by Crippen LogP contribution is 2.28. The topological polar surface area (TPSA) is 69.0 Å². The van der Waals surface area contributed by atoms with Crippen LogP contribution in [0.3, 0.4) is 0 Å². The van der Waals surface area contributed by atoms with E-state index in [0.29, 0.717) is 13.0 Å². The molecule has 1 heterocycles. The van der Waals surface area contributed by atoms with Crippen molar-refractivity contribution in [3.05, 3.63) is 5.82 Å². The number of rotatable bonds is 8. The van der Waals surface area contributed by atoms with E-state index in [1.54, 1.807) is 11.8 Å². The van der Waals surface area contributed by atoms with Crippen LogP contribution in [0.15, 0.2) is 5.16 Å². The van der Waals surface area contributed by atoms with E-state index in [0.717, 1.165) is 17.5 Å². The van der Waals surface area contributed by atoms with Crippen molar-refractivity contribution in [2.24, 2.45) is 7.05 Å². The molecule has 21 heavy (non-hydrogen) atoms. The standard InChI is InChI=1S/C14H26N4O2S/c1-7-15-14(5,12(19)20-8-2)9-10(3)21-13-17-16-11(4)18(13)6/h10,15H,7-9H2,1-6H3. The van der Waals surface area contributed by atoms with E-state index in [2.05, 4.69) is 22.4 Å². The van der Waals surface area contributed by atoms with Gasteiger partial charge in [0.2, 0.25) is 0 Å². The Balaban J connectivity index is 2.74. The number of nitrogens with one attached hydrogen (secondary N) is 1. The van der Waals surface area contributed by atoms with Crippen molar-refractivity contribution in [1.82, 2.24) is 20.1 Å². The van der Waals surface area contributed by atoms with Gasteiger partial charge in [0.1, 0.15) is 11.4 Å². The first-order valence-corrected chi connectivity index (χ1v) is 8.16. The van der Waals surface area contributed by atoms with Crippen molar-refractivity contribution < 1.29 is 9.53 Å². The number of hydrogen-bond donors (Lipinski definition) is 1. The SMILES string of the molecule is CCNC(C)(CC(C)Sc1nnc(C)n1C)C(=O)OCC. The fourth-order valence-corrected chi connectivity index (χ4v) is 3.35. The summed E-state index contributed by atoms with van der Waals surface area (Å²) < 4.78 is 7.15. The van der Waals surface area contributed by atoms with Gasteiger partial charge in [0.15, 0.2) is 5.16 Å². The first-order chi connectivity index (χ1) is 9.84. The van der Waals surface area contributed by atoms with Crippen LogP contribution >= 0.6 is 11.8 Å². The Bertz CT molecular complexity index is 478. The Morgan fingerprint density at radius 3 is 2.62 bits per heavy atom. The van der Waals surface area contributed by atoms with E-state index in [1.165, 1.54) is 0 Å². The molecule has 120 valence electrons. The van der Waals surface area contributed by atoms with Crippen molar-refractivity contribution in [2.75, 3.05) is 13.2 Å². The molecule has 0 aliphatic heterocycles. The van der Waals surface area contributed by atoms with E-state index >= 15 is 0 Å². The van der Waals surface area contributed by atoms with Gasteiger partial charge in [-0.2, -0.15) is 0 Å². The van der Waals surface area contributed by atoms with Crippen LogP contribution in [-0.2, 0) is 16.6 Å². The molecule has 0 saturated carbocycles. The van der Waals surface area contributed by atoms with Crippen LogP contribution in [0.4, 0.5) is 0 Å². The smallest absolute Gasteiger partial charge is 0.326 e. The number of aryl methyl sites for hydroxylation is 1. The van der Waals surface area contributed by atoms with E-state index in [9.17, 15) is 4.79 Å². The van der Waals surface area contributed by atoms with Gasteiger partial charge in [0.05, 0.1) is 6.61 Å². The normalized spacial score (nSPS) is 15.5. The average molecular weight is 314 g/mol. The molecule has 0 aliphatic carbocycles. The molecule has 6 nitrogen and oxygen atoms in total. The van der Waals surface area contributed by atoms with Crippen LogP contribution in [0, 0.1) is 6.92 Å². The van der Waals surface area contributed by atoms with E-state index in [-0.39, 0.29) is 11.2 Å². The van der Waals surface area contributed by atoms with Crippen molar-refractivity contribution >= 4 is 17.7 Å². The summed E-state index contributed by atoms with van der Waals surface area (Å²) in [5, 5.41) is 12.5. The molecule has 0 spiro atoms. The summed E-state index contributed by atoms with van der Waals surface area (Å²) in [4.78, 5) is 12.2. The third kappa shape index (κ3) is 4.71. The number of esters is 1. The number of aromatic nitrogens is 3. The molecule has 2 unspecified atom stereocenters. The summed E-state index contributed by atoms with van der Waals surface area (Å²) in [6.45, 7) is 10.8. The quantitative estimate of drug-likeness (QED) is 0.584. The maximum Gasteiger partial charge on any atom is 0.326 e. The molecule has 0 fully saturated rings. The van der Waals surface area contributed by atoms with E-state index in [4.69, 9.17) is 4.74 Å². The lowest BCUT2D eigenvalue weighted by Crippen LogP contribution is -2.51. The number of hydrogen-bond acceptors (Lipinski definition) is 6. The molecule has 0 aromatic carbocycles. The van der Waals surface area contributed by atoms with Gasteiger partial charge in [-0.05, 0) is 33.7 Å². The molecule has 2 atom stereocenters. The number of nitrogens with zero attached hydrogens (tertiary/aromatic N) is 3. The zero-order valence-electron chi connectivity index (χ0n) is 13.8. The first-order valence-electron chi connectivity index (χ1n) is 7.29. The summed E-state index contributed by atoms with van der Waals surface area (Å²) in [5.41, 5.74) is -0.676. The number of thioether (sulfide) groups is 1. The van der Waals surface area contributed by atoms with Crippen LogP contribution < -0.4 is 5.32 Å². The van der Waals surface area contributed by atoms with Gasteiger partial charge in [0.25, 0.3) is 0 Å². The van der Waals surface area contributed by atoms with Crippen LogP contribution in [0.5, 0.6) is 0 Å². The number of carbonyl (C=O) groups is 1. The minimum atomic E-state index is -0.676. The Kier molecular flexibility index (Phi) is 6.67. The van der Waals surface area contributed by atoms with Crippen molar-refractivity contribution in [3.8, 4) is 0 Å². The zero-order chi connectivity index (χ0) is 16.0. The van der Waals surface area contributed by atoms with Gasteiger partial charge >= 0.3 is 5.97 Å². The zero-order valence-corrected chi connectivity index (χ0v) is 14.6. The summed E-state index contributed by atoms with van der Waals surface area (Å²) in [7, 11) is 1.94. The highest BCUT2D eigenvalue weighted by molar-refractivity contribution is 7.99. The van der Waals surface area contributed by atoms with Crippen molar-refractivity contribution in [3.63, 3.8) is 0 Å². The fraction of sp³-hybridized carbons (Fsp3) is 0.786. The van der Waals surface area contributed by atoms with E-state index in [1.807, 2.05) is 39.3 Å². The molecule has 0 radical (unpaired) electrons. The molecule has 0 amide bonds. The number of likely N-dealkylation sites (N-methyl/N-ethyl adjacent to an activating group) is 1. The first kappa shape index (κ1) is 18.0. The van der Waals surface area contributed by atoms with E-state index < -0.39 is 5.54 Å². The van der Waals surface area contributed by atoms with Gasteiger partial charge in [-0.3, -0.25) is 4.79 Å². The average Bonchev–Trinajstić information content (AvgIpc) is 2.71. The Morgan fingerprint density at radius 1 is 1.48 bits per heavy atom. The molecule has 1 aromatic rings. The van der Waals surface area contributed by atoms with Crippen LogP contribution in [0.2, 0.25) is 0 Å². The lowest BCUT2D eigenvalue weighted by atomic mass is 9.96. The minimum Gasteiger partial charge on any atom is -0.465 e. The number of carbonyl (C=O) groups excluding carboxylic acids is 1. The molecule has 0 bridgehead atoms. The van der Waals surface area contributed by atoms with Gasteiger partial charge in [-0.1, -0.05) is 25.6 Å². The predicted octanol–water partition coefficient (Wildman–Crippen LogP) is 1.93. The molecular weight excluding hydrogens is 288 g/mol. The Labute approximate surface area is 131 Å². The molecule has 0 aliphatic rings. The lowest BCUT2D eigenvalue weighted by molar-refractivity contribution is -0.150. The fourth-order valence-electron chi connectivity index (χ4n) is 2.20. The highest BCUT2D eigenvalue weighted by Gasteiger charge is 2.35. The molecule has 1 rings (SSSR count). The molecule has 1 N–H and O–H groups in total. The second-order valence-electron chi connectivity index (χ2n) is 5.30. The summed E-state index contributed by atoms with van der Waals surface area (Å²) >= 11 is 1.62. The highest BCUT2D eigenvalue weighted by atomic mass is 32.2. The molecular formula is C14H26N4O2S. The van der Waals surface area contributed by atoms with Gasteiger partial charge in [0, 0.05) is 12.3 Å².